The second kappa shape index (κ2) is 7.85. The fraction of sp³-hybridized carbons (Fsp3) is 0.471. The molecule has 1 aromatic carbocycles. The molecule has 0 fully saturated rings. The van der Waals surface area contributed by atoms with Gasteiger partial charge in [0.25, 0.3) is 5.92 Å². The molecule has 2 rings (SSSR count). The Bertz CT molecular complexity index is 744. The van der Waals surface area contributed by atoms with E-state index in [1.54, 1.807) is 20.8 Å². The molecule has 0 unspecified atom stereocenters. The van der Waals surface area contributed by atoms with E-state index in [2.05, 4.69) is 10.6 Å². The minimum absolute atomic E-state index is 0.236. The minimum Gasteiger partial charge on any atom is -0.444 e. The fourth-order valence-electron chi connectivity index (χ4n) is 2.12. The number of thiophene rings is 1. The van der Waals surface area contributed by atoms with Crippen LogP contribution in [0.1, 0.15) is 25.6 Å². The second-order valence-corrected chi connectivity index (χ2v) is 8.17. The molecule has 4 nitrogen and oxygen atoms in total. The third kappa shape index (κ3) is 6.09. The van der Waals surface area contributed by atoms with Crippen molar-refractivity contribution in [2.45, 2.75) is 38.8 Å². The first-order valence-electron chi connectivity index (χ1n) is 7.79. The van der Waals surface area contributed by atoms with Crippen LogP contribution in [0.5, 0.6) is 0 Å². The lowest BCUT2D eigenvalue weighted by Gasteiger charge is -2.22. The topological polar surface area (TPSA) is 50.4 Å². The first-order valence-corrected chi connectivity index (χ1v) is 8.98. The van der Waals surface area contributed by atoms with E-state index in [1.165, 1.54) is 11.3 Å². The summed E-state index contributed by atoms with van der Waals surface area (Å²) in [7, 11) is 0. The molecule has 0 atom stereocenters. The van der Waals surface area contributed by atoms with Crippen LogP contribution in [0.2, 0.25) is 5.02 Å². The number of hydrogen-bond acceptors (Lipinski definition) is 4. The Morgan fingerprint density at radius 2 is 1.92 bits per heavy atom. The molecule has 0 saturated carbocycles. The van der Waals surface area contributed by atoms with E-state index < -0.39 is 30.7 Å². The van der Waals surface area contributed by atoms with E-state index >= 15 is 0 Å². The summed E-state index contributed by atoms with van der Waals surface area (Å²) < 4.78 is 33.7. The normalized spacial score (nSPS) is 12.4. The first-order chi connectivity index (χ1) is 11.6. The Balaban J connectivity index is 1.83. The van der Waals surface area contributed by atoms with Crippen LogP contribution in [0.4, 0.5) is 13.6 Å². The highest BCUT2D eigenvalue weighted by Gasteiger charge is 2.30. The molecule has 0 saturated heterocycles. The van der Waals surface area contributed by atoms with Crippen LogP contribution in [0.15, 0.2) is 24.3 Å². The number of rotatable bonds is 6. The zero-order valence-corrected chi connectivity index (χ0v) is 15.9. The molecule has 0 aliphatic carbocycles. The molecular weight excluding hydrogens is 370 g/mol. The minimum atomic E-state index is -3.10. The van der Waals surface area contributed by atoms with Gasteiger partial charge in [0, 0.05) is 21.5 Å². The maximum atomic E-state index is 13.9. The molecule has 1 amide bonds. The van der Waals surface area contributed by atoms with Crippen LogP contribution in [0, 0.1) is 0 Å². The van der Waals surface area contributed by atoms with Crippen LogP contribution in [-0.2, 0) is 11.3 Å². The van der Waals surface area contributed by atoms with Gasteiger partial charge in [-0.3, -0.25) is 0 Å². The van der Waals surface area contributed by atoms with Gasteiger partial charge in [-0.1, -0.05) is 29.8 Å². The lowest BCUT2D eigenvalue weighted by atomic mass is 10.2. The molecule has 1 aromatic heterocycles. The van der Waals surface area contributed by atoms with E-state index in [0.717, 1.165) is 15.0 Å². The van der Waals surface area contributed by atoms with Crippen molar-refractivity contribution in [2.75, 3.05) is 13.1 Å². The third-order valence-corrected chi connectivity index (χ3v) is 4.88. The van der Waals surface area contributed by atoms with Crippen LogP contribution in [0.25, 0.3) is 10.1 Å². The summed E-state index contributed by atoms with van der Waals surface area (Å²) in [6, 6.07) is 7.63. The Morgan fingerprint density at radius 1 is 1.24 bits per heavy atom. The van der Waals surface area contributed by atoms with Gasteiger partial charge in [-0.25, -0.2) is 13.6 Å². The summed E-state index contributed by atoms with van der Waals surface area (Å²) >= 11 is 7.75. The molecule has 8 heteroatoms. The molecule has 25 heavy (non-hydrogen) atoms. The molecule has 2 N–H and O–H groups in total. The van der Waals surface area contributed by atoms with Crippen molar-refractivity contribution in [3.63, 3.8) is 0 Å². The summed E-state index contributed by atoms with van der Waals surface area (Å²) in [5.74, 6) is -3.10. The van der Waals surface area contributed by atoms with Crippen molar-refractivity contribution < 1.29 is 18.3 Å². The van der Waals surface area contributed by atoms with Crippen molar-refractivity contribution in [3.8, 4) is 0 Å². The van der Waals surface area contributed by atoms with Gasteiger partial charge in [-0.2, -0.15) is 0 Å². The molecule has 0 spiro atoms. The standard InChI is InChI=1S/C17H21ClF2N2O2S/c1-16(2,3)24-15(23)22-10-17(19,20)9-21-8-13-14(18)11-6-4-5-7-12(11)25-13/h4-7,21H,8-10H2,1-3H3,(H,22,23). The maximum absolute atomic E-state index is 13.9. The van der Waals surface area contributed by atoms with E-state index in [9.17, 15) is 13.6 Å². The fourth-order valence-corrected chi connectivity index (χ4v) is 3.58. The predicted octanol–water partition coefficient (Wildman–Crippen LogP) is 4.80. The number of hydrogen-bond donors (Lipinski definition) is 2. The van der Waals surface area contributed by atoms with E-state index in [0.29, 0.717) is 5.02 Å². The molecular formula is C17H21ClF2N2O2S. The van der Waals surface area contributed by atoms with E-state index in [-0.39, 0.29) is 6.54 Å². The number of nitrogens with one attached hydrogen (secondary N) is 2. The number of fused-ring (bicyclic) bond motifs is 1. The molecule has 138 valence electrons. The number of alkyl halides is 2. The lowest BCUT2D eigenvalue weighted by molar-refractivity contribution is -0.00371. The van der Waals surface area contributed by atoms with Gasteiger partial charge in [0.15, 0.2) is 0 Å². The highest BCUT2D eigenvalue weighted by molar-refractivity contribution is 7.19. The number of ether oxygens (including phenoxy) is 1. The van der Waals surface area contributed by atoms with Crippen LogP contribution in [0.3, 0.4) is 0 Å². The van der Waals surface area contributed by atoms with Gasteiger partial charge in [0.2, 0.25) is 0 Å². The number of amides is 1. The third-order valence-electron chi connectivity index (χ3n) is 3.16. The number of alkyl carbamates (subject to hydrolysis) is 1. The zero-order valence-electron chi connectivity index (χ0n) is 14.3. The predicted molar refractivity (Wildman–Crippen MR) is 97.7 cm³/mol. The van der Waals surface area contributed by atoms with Crippen LogP contribution in [-0.4, -0.2) is 30.7 Å². The average molecular weight is 391 g/mol. The van der Waals surface area contributed by atoms with Gasteiger partial charge in [0.05, 0.1) is 18.1 Å². The summed E-state index contributed by atoms with van der Waals surface area (Å²) in [5.41, 5.74) is -0.727. The summed E-state index contributed by atoms with van der Waals surface area (Å²) in [5, 5.41) is 6.29. The maximum Gasteiger partial charge on any atom is 0.407 e. The average Bonchev–Trinajstić information content (AvgIpc) is 2.81. The van der Waals surface area contributed by atoms with Crippen molar-refractivity contribution in [1.29, 1.82) is 0 Å². The summed E-state index contributed by atoms with van der Waals surface area (Å²) in [6.07, 6.45) is -0.861. The van der Waals surface area contributed by atoms with Gasteiger partial charge >= 0.3 is 6.09 Å². The van der Waals surface area contributed by atoms with E-state index in [1.807, 2.05) is 24.3 Å². The van der Waals surface area contributed by atoms with Crippen molar-refractivity contribution >= 4 is 39.1 Å². The summed E-state index contributed by atoms with van der Waals surface area (Å²) in [4.78, 5) is 12.2. The SMILES string of the molecule is CC(C)(C)OC(=O)NCC(F)(F)CNCc1sc2ccccc2c1Cl. The highest BCUT2D eigenvalue weighted by Crippen LogP contribution is 2.35. The largest absolute Gasteiger partial charge is 0.444 e. The smallest absolute Gasteiger partial charge is 0.407 e. The molecule has 0 aliphatic heterocycles. The summed E-state index contributed by atoms with van der Waals surface area (Å²) in [6.45, 7) is 3.87. The Labute approximate surface area is 154 Å². The number of halogens is 3. The number of carbonyl (C=O) groups excluding carboxylic acids is 1. The first kappa shape index (κ1) is 19.9. The van der Waals surface area contributed by atoms with Crippen molar-refractivity contribution in [1.82, 2.24) is 10.6 Å². The van der Waals surface area contributed by atoms with Crippen LogP contribution < -0.4 is 10.6 Å². The number of carbonyl (C=O) groups is 1. The van der Waals surface area contributed by atoms with Gasteiger partial charge < -0.3 is 15.4 Å². The quantitative estimate of drug-likeness (QED) is 0.744. The van der Waals surface area contributed by atoms with Gasteiger partial charge in [-0.15, -0.1) is 11.3 Å². The molecule has 0 aliphatic rings. The Morgan fingerprint density at radius 3 is 2.56 bits per heavy atom. The number of benzene rings is 1. The van der Waals surface area contributed by atoms with Crippen LogP contribution >= 0.6 is 22.9 Å². The van der Waals surface area contributed by atoms with Gasteiger partial charge in [-0.05, 0) is 26.8 Å². The lowest BCUT2D eigenvalue weighted by Crippen LogP contribution is -2.44. The Kier molecular flexibility index (Phi) is 6.24. The second-order valence-electron chi connectivity index (χ2n) is 6.65. The Hall–Kier alpha value is -1.44. The molecule has 0 bridgehead atoms. The molecule has 0 radical (unpaired) electrons. The monoisotopic (exact) mass is 390 g/mol. The highest BCUT2D eigenvalue weighted by atomic mass is 35.5. The van der Waals surface area contributed by atoms with E-state index in [4.69, 9.17) is 16.3 Å². The van der Waals surface area contributed by atoms with Crippen molar-refractivity contribution in [2.24, 2.45) is 0 Å². The van der Waals surface area contributed by atoms with Gasteiger partial charge in [0.1, 0.15) is 5.60 Å². The zero-order chi connectivity index (χ0) is 18.7. The van der Waals surface area contributed by atoms with Crippen molar-refractivity contribution in [3.05, 3.63) is 34.2 Å². The molecule has 1 heterocycles. The molecule has 2 aromatic rings.